The Kier molecular flexibility index (Phi) is 3.79. The van der Waals surface area contributed by atoms with Crippen molar-refractivity contribution < 1.29 is 0 Å². The lowest BCUT2D eigenvalue weighted by Gasteiger charge is -2.06. The fourth-order valence-corrected chi connectivity index (χ4v) is 2.18. The summed E-state index contributed by atoms with van der Waals surface area (Å²) in [6.45, 7) is 2.18. The molecule has 1 heteroatoms. The van der Waals surface area contributed by atoms with Crippen LogP contribution < -0.4 is 0 Å². The molecule has 0 unspecified atom stereocenters. The largest absolute Gasteiger partial charge is 0.0925 e. The Labute approximate surface area is 105 Å². The van der Waals surface area contributed by atoms with E-state index < -0.39 is 0 Å². The van der Waals surface area contributed by atoms with Gasteiger partial charge in [-0.25, -0.2) is 0 Å². The van der Waals surface area contributed by atoms with Crippen LogP contribution in [-0.2, 0) is 0 Å². The number of fused-ring (bicyclic) bond motifs is 1. The number of hydrogen-bond donors (Lipinski definition) is 0. The third-order valence-electron chi connectivity index (χ3n) is 2.77. The summed E-state index contributed by atoms with van der Waals surface area (Å²) < 4.78 is 0. The third-order valence-corrected chi connectivity index (χ3v) is 3.23. The molecule has 0 fully saturated rings. The molecule has 0 radical (unpaired) electrons. The van der Waals surface area contributed by atoms with E-state index in [4.69, 9.17) is 0 Å². The molecule has 0 aliphatic heterocycles. The van der Waals surface area contributed by atoms with Crippen LogP contribution in [0.5, 0.6) is 0 Å². The number of alkyl halides is 1. The van der Waals surface area contributed by atoms with Crippen molar-refractivity contribution in [2.24, 2.45) is 0 Å². The monoisotopic (exact) mass is 274 g/mol. The second-order valence-corrected chi connectivity index (χ2v) is 4.68. The Balaban J connectivity index is 2.52. The lowest BCUT2D eigenvalue weighted by atomic mass is 9.99. The molecule has 0 bridgehead atoms. The summed E-state index contributed by atoms with van der Waals surface area (Å²) in [6, 6.07) is 15.0. The average molecular weight is 275 g/mol. The summed E-state index contributed by atoms with van der Waals surface area (Å²) in [6.07, 6.45) is 3.37. The molecule has 0 spiro atoms. The van der Waals surface area contributed by atoms with Crippen LogP contribution in [0.2, 0.25) is 0 Å². The van der Waals surface area contributed by atoms with Gasteiger partial charge in [0.15, 0.2) is 0 Å². The third kappa shape index (κ3) is 2.35. The van der Waals surface area contributed by atoms with Crippen LogP contribution in [0.3, 0.4) is 0 Å². The van der Waals surface area contributed by atoms with Crippen LogP contribution in [0.1, 0.15) is 18.9 Å². The van der Waals surface area contributed by atoms with Crippen LogP contribution in [0, 0.1) is 0 Å². The number of allylic oxidation sites excluding steroid dienone is 2. The molecule has 2 aromatic carbocycles. The molecule has 0 saturated heterocycles. The predicted octanol–water partition coefficient (Wildman–Crippen LogP) is 5.03. The van der Waals surface area contributed by atoms with Crippen LogP contribution >= 0.6 is 15.9 Å². The van der Waals surface area contributed by atoms with E-state index in [1.54, 1.807) is 0 Å². The Hall–Kier alpha value is -1.08. The summed E-state index contributed by atoms with van der Waals surface area (Å²) in [5.41, 5.74) is 2.70. The Bertz CT molecular complexity index is 506. The van der Waals surface area contributed by atoms with E-state index >= 15 is 0 Å². The summed E-state index contributed by atoms with van der Waals surface area (Å²) in [7, 11) is 0. The molecule has 0 nitrogen and oxygen atoms in total. The van der Waals surface area contributed by atoms with Gasteiger partial charge in [0, 0.05) is 5.33 Å². The molecule has 0 aliphatic rings. The minimum atomic E-state index is 1.02. The van der Waals surface area contributed by atoms with Gasteiger partial charge in [-0.05, 0) is 35.3 Å². The number of hydrogen-bond acceptors (Lipinski definition) is 0. The van der Waals surface area contributed by atoms with Gasteiger partial charge in [0.05, 0.1) is 0 Å². The molecule has 0 saturated carbocycles. The molecule has 0 N–H and O–H groups in total. The normalized spacial score (nSPS) is 12.0. The van der Waals surface area contributed by atoms with Crippen LogP contribution in [0.4, 0.5) is 0 Å². The first kappa shape index (κ1) is 11.4. The highest BCUT2D eigenvalue weighted by molar-refractivity contribution is 9.09. The van der Waals surface area contributed by atoms with E-state index in [1.165, 1.54) is 21.9 Å². The van der Waals surface area contributed by atoms with Crippen molar-refractivity contribution in [2.45, 2.75) is 13.3 Å². The maximum absolute atomic E-state index is 3.46. The summed E-state index contributed by atoms with van der Waals surface area (Å²) >= 11 is 3.46. The summed E-state index contributed by atoms with van der Waals surface area (Å²) in [4.78, 5) is 0. The molecular weight excluding hydrogens is 260 g/mol. The van der Waals surface area contributed by atoms with Gasteiger partial charge in [-0.1, -0.05) is 64.5 Å². The lowest BCUT2D eigenvalue weighted by molar-refractivity contribution is 1.26. The van der Waals surface area contributed by atoms with Gasteiger partial charge in [-0.2, -0.15) is 0 Å². The van der Waals surface area contributed by atoms with Crippen molar-refractivity contribution in [1.82, 2.24) is 0 Å². The zero-order valence-corrected chi connectivity index (χ0v) is 11.0. The smallest absolute Gasteiger partial charge is 0.00661 e. The van der Waals surface area contributed by atoms with Gasteiger partial charge in [-0.3, -0.25) is 0 Å². The molecule has 0 atom stereocenters. The van der Waals surface area contributed by atoms with Crippen molar-refractivity contribution in [2.75, 3.05) is 5.33 Å². The standard InChI is InChI=1S/C15H15Br/c1-12(6-5-11-16)14-10-4-8-13-7-2-3-9-15(13)14/h2-4,6-10H,5,11H2,1H3. The molecule has 82 valence electrons. The first-order valence-electron chi connectivity index (χ1n) is 5.54. The molecular formula is C15H15Br. The van der Waals surface area contributed by atoms with Crippen molar-refractivity contribution in [1.29, 1.82) is 0 Å². The maximum Gasteiger partial charge on any atom is 0.00661 e. The van der Waals surface area contributed by atoms with Gasteiger partial charge in [0.2, 0.25) is 0 Å². The first-order valence-corrected chi connectivity index (χ1v) is 6.66. The maximum atomic E-state index is 3.46. The topological polar surface area (TPSA) is 0 Å². The van der Waals surface area contributed by atoms with Crippen LogP contribution in [-0.4, -0.2) is 5.33 Å². The molecule has 2 rings (SSSR count). The highest BCUT2D eigenvalue weighted by Crippen LogP contribution is 2.24. The van der Waals surface area contributed by atoms with Gasteiger partial charge < -0.3 is 0 Å². The SMILES string of the molecule is CC(=CCCBr)c1cccc2ccccc12. The molecule has 2 aromatic rings. The van der Waals surface area contributed by atoms with Crippen molar-refractivity contribution in [3.8, 4) is 0 Å². The van der Waals surface area contributed by atoms with Gasteiger partial charge >= 0.3 is 0 Å². The highest BCUT2D eigenvalue weighted by atomic mass is 79.9. The number of rotatable bonds is 3. The van der Waals surface area contributed by atoms with Gasteiger partial charge in [0.25, 0.3) is 0 Å². The van der Waals surface area contributed by atoms with E-state index in [0.717, 1.165) is 11.8 Å². The van der Waals surface area contributed by atoms with Crippen LogP contribution in [0.25, 0.3) is 16.3 Å². The minimum Gasteiger partial charge on any atom is -0.0925 e. The molecule has 0 aliphatic carbocycles. The molecule has 0 heterocycles. The lowest BCUT2D eigenvalue weighted by Crippen LogP contribution is -1.83. The fraction of sp³-hybridized carbons (Fsp3) is 0.200. The van der Waals surface area contributed by atoms with E-state index in [9.17, 15) is 0 Å². The predicted molar refractivity (Wildman–Crippen MR) is 76.0 cm³/mol. The second kappa shape index (κ2) is 5.31. The second-order valence-electron chi connectivity index (χ2n) is 3.89. The van der Waals surface area contributed by atoms with Gasteiger partial charge in [0.1, 0.15) is 0 Å². The van der Waals surface area contributed by atoms with Crippen molar-refractivity contribution >= 4 is 32.3 Å². The zero-order chi connectivity index (χ0) is 11.4. The molecule has 0 aromatic heterocycles. The number of benzene rings is 2. The van der Waals surface area contributed by atoms with Crippen molar-refractivity contribution in [3.05, 3.63) is 54.1 Å². The number of halogens is 1. The minimum absolute atomic E-state index is 1.02. The van der Waals surface area contributed by atoms with E-state index in [2.05, 4.69) is 71.4 Å². The summed E-state index contributed by atoms with van der Waals surface area (Å²) in [5, 5.41) is 3.68. The van der Waals surface area contributed by atoms with Crippen molar-refractivity contribution in [3.63, 3.8) is 0 Å². The Morgan fingerprint density at radius 1 is 1.12 bits per heavy atom. The van der Waals surface area contributed by atoms with E-state index in [-0.39, 0.29) is 0 Å². The Morgan fingerprint density at radius 2 is 1.88 bits per heavy atom. The summed E-state index contributed by atoms with van der Waals surface area (Å²) in [5.74, 6) is 0. The fourth-order valence-electron chi connectivity index (χ4n) is 1.95. The van der Waals surface area contributed by atoms with Gasteiger partial charge in [-0.15, -0.1) is 0 Å². The quantitative estimate of drug-likeness (QED) is 0.689. The van der Waals surface area contributed by atoms with E-state index in [0.29, 0.717) is 0 Å². The van der Waals surface area contributed by atoms with E-state index in [1.807, 2.05) is 0 Å². The van der Waals surface area contributed by atoms with Crippen LogP contribution in [0.15, 0.2) is 48.5 Å². The zero-order valence-electron chi connectivity index (χ0n) is 9.41. The average Bonchev–Trinajstić information content (AvgIpc) is 2.35. The highest BCUT2D eigenvalue weighted by Gasteiger charge is 2.00. The molecule has 0 amide bonds. The molecule has 16 heavy (non-hydrogen) atoms. The first-order chi connectivity index (χ1) is 7.83. The Morgan fingerprint density at radius 3 is 2.69 bits per heavy atom.